The van der Waals surface area contributed by atoms with E-state index in [1.807, 2.05) is 36.4 Å². The van der Waals surface area contributed by atoms with Gasteiger partial charge in [0.2, 0.25) is 0 Å². The summed E-state index contributed by atoms with van der Waals surface area (Å²) in [6, 6.07) is 19.3. The number of fused-ring (bicyclic) bond motifs is 3. The number of carbonyl (C=O) groups excluding carboxylic acids is 2. The number of anilines is 1. The Kier molecular flexibility index (Phi) is 5.28. The number of likely N-dealkylation sites (tertiary alicyclic amines) is 1. The summed E-state index contributed by atoms with van der Waals surface area (Å²) >= 11 is 0. The lowest BCUT2D eigenvalue weighted by Crippen LogP contribution is -2.60. The summed E-state index contributed by atoms with van der Waals surface area (Å²) in [5.41, 5.74) is 3.77. The standard InChI is InChI=1S/C26H23N3O5/c1-26(24(31)32)14-29(15-26)23(30)22-21(11-6-12-27-22)28-25(33)34-13-20-18-9-4-2-7-16(18)17-8-3-5-10-19(17)20/h2-12,20H,13-15H2,1H3,(H,28,33)(H,31,32). The van der Waals surface area contributed by atoms with Gasteiger partial charge < -0.3 is 14.7 Å². The molecule has 3 aromatic rings. The molecule has 2 N–H and O–H groups in total. The largest absolute Gasteiger partial charge is 0.481 e. The molecule has 1 aliphatic carbocycles. The number of hydrogen-bond acceptors (Lipinski definition) is 5. The van der Waals surface area contributed by atoms with Gasteiger partial charge in [0.05, 0.1) is 5.69 Å². The molecule has 0 saturated carbocycles. The van der Waals surface area contributed by atoms with Gasteiger partial charge in [-0.1, -0.05) is 48.5 Å². The summed E-state index contributed by atoms with van der Waals surface area (Å²) in [5.74, 6) is -1.47. The lowest BCUT2D eigenvalue weighted by Gasteiger charge is -2.44. The van der Waals surface area contributed by atoms with Gasteiger partial charge in [0, 0.05) is 25.2 Å². The molecule has 1 fully saturated rings. The fourth-order valence-corrected chi connectivity index (χ4v) is 4.65. The van der Waals surface area contributed by atoms with Crippen LogP contribution in [0.4, 0.5) is 10.5 Å². The van der Waals surface area contributed by atoms with E-state index in [9.17, 15) is 19.5 Å². The van der Waals surface area contributed by atoms with Crippen LogP contribution in [-0.2, 0) is 9.53 Å². The average molecular weight is 457 g/mol. The predicted molar refractivity (Wildman–Crippen MR) is 125 cm³/mol. The zero-order valence-corrected chi connectivity index (χ0v) is 18.5. The molecule has 1 aliphatic heterocycles. The number of carboxylic acid groups (broad SMARTS) is 1. The van der Waals surface area contributed by atoms with Crippen molar-refractivity contribution in [2.45, 2.75) is 12.8 Å². The van der Waals surface area contributed by atoms with E-state index >= 15 is 0 Å². The molecule has 1 saturated heterocycles. The molecule has 172 valence electrons. The molecule has 2 heterocycles. The zero-order chi connectivity index (χ0) is 23.9. The van der Waals surface area contributed by atoms with Gasteiger partial charge in [0.15, 0.2) is 5.69 Å². The van der Waals surface area contributed by atoms with Crippen molar-refractivity contribution in [1.82, 2.24) is 9.88 Å². The van der Waals surface area contributed by atoms with E-state index in [1.54, 1.807) is 19.1 Å². The molecule has 0 bridgehead atoms. The van der Waals surface area contributed by atoms with Gasteiger partial charge in [-0.2, -0.15) is 0 Å². The molecule has 5 rings (SSSR count). The van der Waals surface area contributed by atoms with Gasteiger partial charge in [-0.25, -0.2) is 9.78 Å². The van der Waals surface area contributed by atoms with Crippen molar-refractivity contribution in [2.75, 3.05) is 25.0 Å². The van der Waals surface area contributed by atoms with Gasteiger partial charge >= 0.3 is 12.1 Å². The van der Waals surface area contributed by atoms with Crippen LogP contribution in [-0.4, -0.2) is 52.7 Å². The minimum absolute atomic E-state index is 0.0449. The molecule has 0 spiro atoms. The van der Waals surface area contributed by atoms with E-state index in [-0.39, 0.29) is 37.0 Å². The van der Waals surface area contributed by atoms with Gasteiger partial charge in [-0.05, 0) is 41.3 Å². The Morgan fingerprint density at radius 1 is 1.03 bits per heavy atom. The number of nitrogens with zero attached hydrogens (tertiary/aromatic N) is 2. The Labute approximate surface area is 196 Å². The lowest BCUT2D eigenvalue weighted by atomic mass is 9.82. The number of nitrogens with one attached hydrogen (secondary N) is 1. The third-order valence-corrected chi connectivity index (χ3v) is 6.47. The van der Waals surface area contributed by atoms with Crippen LogP contribution in [0, 0.1) is 5.41 Å². The lowest BCUT2D eigenvalue weighted by molar-refractivity contribution is -0.155. The number of aliphatic carboxylic acids is 1. The van der Waals surface area contributed by atoms with E-state index in [0.717, 1.165) is 22.3 Å². The topological polar surface area (TPSA) is 109 Å². The minimum Gasteiger partial charge on any atom is -0.481 e. The Balaban J connectivity index is 1.27. The second-order valence-electron chi connectivity index (χ2n) is 8.88. The second kappa shape index (κ2) is 8.30. The maximum Gasteiger partial charge on any atom is 0.411 e. The van der Waals surface area contributed by atoms with Crippen molar-refractivity contribution in [3.63, 3.8) is 0 Å². The molecule has 0 radical (unpaired) electrons. The van der Waals surface area contributed by atoms with Gasteiger partial charge in [-0.3, -0.25) is 14.9 Å². The molecular formula is C26H23N3O5. The minimum atomic E-state index is -0.967. The number of rotatable bonds is 5. The Morgan fingerprint density at radius 3 is 2.26 bits per heavy atom. The number of carbonyl (C=O) groups is 3. The maximum atomic E-state index is 12.9. The van der Waals surface area contributed by atoms with Crippen LogP contribution < -0.4 is 5.32 Å². The highest BCUT2D eigenvalue weighted by Crippen LogP contribution is 2.44. The van der Waals surface area contributed by atoms with E-state index < -0.39 is 23.4 Å². The molecule has 0 atom stereocenters. The summed E-state index contributed by atoms with van der Waals surface area (Å²) in [6.07, 6.45) is 0.759. The summed E-state index contributed by atoms with van der Waals surface area (Å²) in [6.45, 7) is 1.91. The van der Waals surface area contributed by atoms with Crippen LogP contribution >= 0.6 is 0 Å². The van der Waals surface area contributed by atoms with Crippen molar-refractivity contribution in [3.05, 3.63) is 83.7 Å². The third kappa shape index (κ3) is 3.67. The Morgan fingerprint density at radius 2 is 1.65 bits per heavy atom. The Bertz CT molecular complexity index is 1250. The van der Waals surface area contributed by atoms with Crippen LogP contribution in [0.5, 0.6) is 0 Å². The quantitative estimate of drug-likeness (QED) is 0.600. The van der Waals surface area contributed by atoms with Crippen molar-refractivity contribution in [2.24, 2.45) is 5.41 Å². The molecule has 8 nitrogen and oxygen atoms in total. The Hall–Kier alpha value is -4.20. The summed E-state index contributed by atoms with van der Waals surface area (Å²) in [5, 5.41) is 11.9. The molecule has 1 aromatic heterocycles. The first-order chi connectivity index (χ1) is 16.4. The highest BCUT2D eigenvalue weighted by Gasteiger charge is 2.48. The first-order valence-corrected chi connectivity index (χ1v) is 11.0. The third-order valence-electron chi connectivity index (χ3n) is 6.47. The van der Waals surface area contributed by atoms with Crippen LogP contribution in [0.3, 0.4) is 0 Å². The van der Waals surface area contributed by atoms with E-state index in [4.69, 9.17) is 4.74 Å². The van der Waals surface area contributed by atoms with Crippen LogP contribution in [0.1, 0.15) is 34.5 Å². The van der Waals surface area contributed by atoms with Crippen molar-refractivity contribution < 1.29 is 24.2 Å². The predicted octanol–water partition coefficient (Wildman–Crippen LogP) is 3.99. The number of amides is 2. The fourth-order valence-electron chi connectivity index (χ4n) is 4.65. The van der Waals surface area contributed by atoms with E-state index in [1.165, 1.54) is 11.1 Å². The SMILES string of the molecule is CC1(C(=O)O)CN(C(=O)c2ncccc2NC(=O)OCC2c3ccccc3-c3ccccc32)C1. The number of ether oxygens (including phenoxy) is 1. The van der Waals surface area contributed by atoms with E-state index in [2.05, 4.69) is 22.4 Å². The summed E-state index contributed by atoms with van der Waals surface area (Å²) in [4.78, 5) is 42.4. The number of benzene rings is 2. The average Bonchev–Trinajstić information content (AvgIpc) is 3.14. The molecule has 34 heavy (non-hydrogen) atoms. The monoisotopic (exact) mass is 457 g/mol. The summed E-state index contributed by atoms with van der Waals surface area (Å²) in [7, 11) is 0. The second-order valence-corrected chi connectivity index (χ2v) is 8.88. The van der Waals surface area contributed by atoms with E-state index in [0.29, 0.717) is 0 Å². The van der Waals surface area contributed by atoms with Crippen LogP contribution in [0.25, 0.3) is 11.1 Å². The normalized spacial score (nSPS) is 15.6. The first kappa shape index (κ1) is 21.6. The number of carboxylic acids is 1. The molecule has 2 aliphatic rings. The van der Waals surface area contributed by atoms with Crippen molar-refractivity contribution in [3.8, 4) is 11.1 Å². The molecular weight excluding hydrogens is 434 g/mol. The molecule has 2 aromatic carbocycles. The fraction of sp³-hybridized carbons (Fsp3) is 0.231. The smallest absolute Gasteiger partial charge is 0.411 e. The number of hydrogen-bond donors (Lipinski definition) is 2. The maximum absolute atomic E-state index is 12.9. The highest BCUT2D eigenvalue weighted by molar-refractivity contribution is 6.02. The molecule has 8 heteroatoms. The highest BCUT2D eigenvalue weighted by atomic mass is 16.5. The summed E-state index contributed by atoms with van der Waals surface area (Å²) < 4.78 is 5.56. The van der Waals surface area contributed by atoms with Gasteiger partial charge in [0.25, 0.3) is 5.91 Å². The van der Waals surface area contributed by atoms with Gasteiger partial charge in [-0.15, -0.1) is 0 Å². The van der Waals surface area contributed by atoms with Gasteiger partial charge in [0.1, 0.15) is 12.0 Å². The molecule has 0 unspecified atom stereocenters. The molecule has 2 amide bonds. The zero-order valence-electron chi connectivity index (χ0n) is 18.5. The first-order valence-electron chi connectivity index (χ1n) is 11.0. The number of aromatic nitrogens is 1. The van der Waals surface area contributed by atoms with Crippen molar-refractivity contribution in [1.29, 1.82) is 0 Å². The van der Waals surface area contributed by atoms with Crippen LogP contribution in [0.2, 0.25) is 0 Å². The van der Waals surface area contributed by atoms with Crippen molar-refractivity contribution >= 4 is 23.7 Å². The van der Waals surface area contributed by atoms with Crippen LogP contribution in [0.15, 0.2) is 66.9 Å². The number of pyridine rings is 1.